The second-order valence-electron chi connectivity index (χ2n) is 6.78. The lowest BCUT2D eigenvalue weighted by molar-refractivity contribution is -0.126. The zero-order chi connectivity index (χ0) is 17.1. The monoisotopic (exact) mass is 326 g/mol. The second-order valence-corrected chi connectivity index (χ2v) is 6.78. The van der Waals surface area contributed by atoms with E-state index in [9.17, 15) is 4.79 Å². The number of morpholine rings is 1. The molecule has 1 aliphatic heterocycles. The van der Waals surface area contributed by atoms with Crippen molar-refractivity contribution in [2.75, 3.05) is 19.7 Å². The number of hydrogen-bond acceptors (Lipinski definition) is 3. The molecular formula is C20H26N2O2. The predicted octanol–water partition coefficient (Wildman–Crippen LogP) is 3.13. The number of carbonyl (C=O) groups is 1. The minimum absolute atomic E-state index is 0.0163. The maximum atomic E-state index is 12.5. The number of nitrogens with zero attached hydrogens (tertiary/aromatic N) is 1. The Morgan fingerprint density at radius 3 is 2.83 bits per heavy atom. The zero-order valence-electron chi connectivity index (χ0n) is 14.7. The number of rotatable bonds is 4. The maximum Gasteiger partial charge on any atom is 0.234 e. The van der Waals surface area contributed by atoms with Crippen molar-refractivity contribution >= 4 is 16.7 Å². The highest BCUT2D eigenvalue weighted by Crippen LogP contribution is 2.24. The maximum absolute atomic E-state index is 12.5. The van der Waals surface area contributed by atoms with Gasteiger partial charge in [0.2, 0.25) is 5.91 Å². The van der Waals surface area contributed by atoms with Crippen LogP contribution in [0.4, 0.5) is 0 Å². The van der Waals surface area contributed by atoms with Crippen molar-refractivity contribution in [2.45, 2.75) is 39.0 Å². The number of nitrogens with one attached hydrogen (secondary N) is 1. The first-order chi connectivity index (χ1) is 11.5. The SMILES string of the molecule is C[C@@H]1CN(CC(=O)N[C@H](C)c2cccc3ccccc23)[C@@H](C)CO1. The van der Waals surface area contributed by atoms with Gasteiger partial charge in [-0.15, -0.1) is 0 Å². The smallest absolute Gasteiger partial charge is 0.234 e. The van der Waals surface area contributed by atoms with E-state index in [2.05, 4.69) is 48.3 Å². The summed E-state index contributed by atoms with van der Waals surface area (Å²) in [6.07, 6.45) is 0.185. The van der Waals surface area contributed by atoms with Crippen LogP contribution in [0.3, 0.4) is 0 Å². The summed E-state index contributed by atoms with van der Waals surface area (Å²) in [6, 6.07) is 14.8. The summed E-state index contributed by atoms with van der Waals surface area (Å²) in [6.45, 7) is 8.11. The minimum atomic E-state index is -0.0163. The molecule has 0 aliphatic carbocycles. The van der Waals surface area contributed by atoms with Gasteiger partial charge in [0, 0.05) is 12.6 Å². The van der Waals surface area contributed by atoms with Crippen LogP contribution in [0.15, 0.2) is 42.5 Å². The summed E-state index contributed by atoms with van der Waals surface area (Å²) < 4.78 is 5.63. The van der Waals surface area contributed by atoms with Gasteiger partial charge in [-0.25, -0.2) is 0 Å². The lowest BCUT2D eigenvalue weighted by Crippen LogP contribution is -2.51. The molecule has 4 nitrogen and oxygen atoms in total. The molecule has 1 amide bonds. The molecule has 4 heteroatoms. The molecule has 3 rings (SSSR count). The summed E-state index contributed by atoms with van der Waals surface area (Å²) in [5, 5.41) is 5.55. The van der Waals surface area contributed by atoms with E-state index in [1.807, 2.05) is 25.1 Å². The Morgan fingerprint density at radius 1 is 1.25 bits per heavy atom. The molecule has 2 aromatic rings. The quantitative estimate of drug-likeness (QED) is 0.938. The van der Waals surface area contributed by atoms with Crippen LogP contribution < -0.4 is 5.32 Å². The number of carbonyl (C=O) groups excluding carboxylic acids is 1. The van der Waals surface area contributed by atoms with Crippen LogP contribution in [0.2, 0.25) is 0 Å². The first-order valence-electron chi connectivity index (χ1n) is 8.67. The van der Waals surface area contributed by atoms with Gasteiger partial charge in [0.15, 0.2) is 0 Å². The van der Waals surface area contributed by atoms with Crippen LogP contribution in [0, 0.1) is 0 Å². The molecule has 0 bridgehead atoms. The Bertz CT molecular complexity index is 710. The molecule has 24 heavy (non-hydrogen) atoms. The van der Waals surface area contributed by atoms with Crippen molar-refractivity contribution in [1.29, 1.82) is 0 Å². The molecule has 3 atom stereocenters. The van der Waals surface area contributed by atoms with E-state index < -0.39 is 0 Å². The molecule has 1 aliphatic rings. The van der Waals surface area contributed by atoms with E-state index in [1.165, 1.54) is 10.8 Å². The van der Waals surface area contributed by atoms with Crippen LogP contribution >= 0.6 is 0 Å². The third-order valence-electron chi connectivity index (χ3n) is 4.75. The normalized spacial score (nSPS) is 23.1. The average Bonchev–Trinajstić information content (AvgIpc) is 2.57. The number of ether oxygens (including phenoxy) is 1. The van der Waals surface area contributed by atoms with Crippen molar-refractivity contribution in [1.82, 2.24) is 10.2 Å². The Balaban J connectivity index is 1.67. The van der Waals surface area contributed by atoms with Crippen LogP contribution in [0.25, 0.3) is 10.8 Å². The topological polar surface area (TPSA) is 41.6 Å². The van der Waals surface area contributed by atoms with Crippen molar-refractivity contribution < 1.29 is 9.53 Å². The average molecular weight is 326 g/mol. The molecule has 0 spiro atoms. The Morgan fingerprint density at radius 2 is 2.00 bits per heavy atom. The summed E-state index contributed by atoms with van der Waals surface area (Å²) in [5.74, 6) is 0.0661. The van der Waals surface area contributed by atoms with Crippen molar-refractivity contribution in [2.24, 2.45) is 0 Å². The highest BCUT2D eigenvalue weighted by Gasteiger charge is 2.25. The van der Waals surface area contributed by atoms with Gasteiger partial charge in [0.1, 0.15) is 0 Å². The molecule has 1 fully saturated rings. The van der Waals surface area contributed by atoms with Gasteiger partial charge in [-0.1, -0.05) is 42.5 Å². The Hall–Kier alpha value is -1.91. The first kappa shape index (κ1) is 16.9. The van der Waals surface area contributed by atoms with Crippen molar-refractivity contribution in [3.05, 3.63) is 48.0 Å². The summed E-state index contributed by atoms with van der Waals surface area (Å²) in [7, 11) is 0. The van der Waals surface area contributed by atoms with Gasteiger partial charge in [-0.05, 0) is 37.1 Å². The van der Waals surface area contributed by atoms with Crippen LogP contribution in [0.5, 0.6) is 0 Å². The fourth-order valence-electron chi connectivity index (χ4n) is 3.37. The molecule has 2 aromatic carbocycles. The zero-order valence-corrected chi connectivity index (χ0v) is 14.7. The van der Waals surface area contributed by atoms with Crippen LogP contribution in [0.1, 0.15) is 32.4 Å². The molecule has 0 radical (unpaired) electrons. The van der Waals surface area contributed by atoms with Gasteiger partial charge in [-0.2, -0.15) is 0 Å². The molecule has 1 N–H and O–H groups in total. The van der Waals surface area contributed by atoms with Crippen LogP contribution in [-0.2, 0) is 9.53 Å². The fraction of sp³-hybridized carbons (Fsp3) is 0.450. The number of hydrogen-bond donors (Lipinski definition) is 1. The molecule has 0 saturated carbocycles. The van der Waals surface area contributed by atoms with E-state index >= 15 is 0 Å². The second kappa shape index (κ2) is 7.32. The predicted molar refractivity (Wildman–Crippen MR) is 97.0 cm³/mol. The Kier molecular flexibility index (Phi) is 5.17. The minimum Gasteiger partial charge on any atom is -0.376 e. The van der Waals surface area contributed by atoms with Gasteiger partial charge >= 0.3 is 0 Å². The van der Waals surface area contributed by atoms with Gasteiger partial charge in [0.25, 0.3) is 0 Å². The third-order valence-corrected chi connectivity index (χ3v) is 4.75. The fourth-order valence-corrected chi connectivity index (χ4v) is 3.37. The van der Waals surface area contributed by atoms with E-state index in [-0.39, 0.29) is 24.1 Å². The van der Waals surface area contributed by atoms with E-state index in [0.717, 1.165) is 12.1 Å². The Labute approximate surface area is 143 Å². The van der Waals surface area contributed by atoms with E-state index in [1.54, 1.807) is 0 Å². The lowest BCUT2D eigenvalue weighted by Gasteiger charge is -2.36. The van der Waals surface area contributed by atoms with Crippen molar-refractivity contribution in [3.8, 4) is 0 Å². The van der Waals surface area contributed by atoms with Gasteiger partial charge in [0.05, 0.1) is 25.3 Å². The van der Waals surface area contributed by atoms with Gasteiger partial charge < -0.3 is 10.1 Å². The van der Waals surface area contributed by atoms with Crippen LogP contribution in [-0.4, -0.2) is 42.6 Å². The molecule has 1 heterocycles. The number of amides is 1. The number of fused-ring (bicyclic) bond motifs is 1. The van der Waals surface area contributed by atoms with E-state index in [0.29, 0.717) is 13.2 Å². The molecule has 1 saturated heterocycles. The number of benzene rings is 2. The lowest BCUT2D eigenvalue weighted by atomic mass is 10.00. The first-order valence-corrected chi connectivity index (χ1v) is 8.67. The van der Waals surface area contributed by atoms with Crippen molar-refractivity contribution in [3.63, 3.8) is 0 Å². The highest BCUT2D eigenvalue weighted by molar-refractivity contribution is 5.87. The summed E-state index contributed by atoms with van der Waals surface area (Å²) in [4.78, 5) is 14.7. The largest absolute Gasteiger partial charge is 0.376 e. The van der Waals surface area contributed by atoms with E-state index in [4.69, 9.17) is 4.74 Å². The van der Waals surface area contributed by atoms with Gasteiger partial charge in [-0.3, -0.25) is 9.69 Å². The molecular weight excluding hydrogens is 300 g/mol. The molecule has 0 unspecified atom stereocenters. The molecule has 128 valence electrons. The molecule has 0 aromatic heterocycles. The summed E-state index contributed by atoms with van der Waals surface area (Å²) in [5.41, 5.74) is 1.16. The third kappa shape index (κ3) is 3.77. The standard InChI is InChI=1S/C20H26N2O2/c1-14-13-24-15(2)11-22(14)12-20(23)21-16(3)18-10-6-8-17-7-4-5-9-19(17)18/h4-10,14-16H,11-13H2,1-3H3,(H,21,23)/t14-,15+,16+/m0/s1. The summed E-state index contributed by atoms with van der Waals surface area (Å²) >= 11 is 0. The highest BCUT2D eigenvalue weighted by atomic mass is 16.5.